The molecule has 0 bridgehead atoms. The van der Waals surface area contributed by atoms with E-state index in [2.05, 4.69) is 69.8 Å². The summed E-state index contributed by atoms with van der Waals surface area (Å²) in [6, 6.07) is 15.3. The first-order chi connectivity index (χ1) is 17.6. The molecule has 190 valence electrons. The molecule has 1 fully saturated rings. The first-order valence-electron chi connectivity index (χ1n) is 12.5. The summed E-state index contributed by atoms with van der Waals surface area (Å²) < 4.78 is 5.59. The van der Waals surface area contributed by atoms with Gasteiger partial charge in [0, 0.05) is 48.3 Å². The summed E-state index contributed by atoms with van der Waals surface area (Å²) in [4.78, 5) is 17.0. The van der Waals surface area contributed by atoms with Crippen LogP contribution in [0.5, 0.6) is 0 Å². The summed E-state index contributed by atoms with van der Waals surface area (Å²) in [7, 11) is 0. The fraction of sp³-hybridized carbons (Fsp3) is 0.357. The minimum Gasteiger partial charge on any atom is -0.378 e. The van der Waals surface area contributed by atoms with Gasteiger partial charge in [0.05, 0.1) is 19.4 Å². The van der Waals surface area contributed by atoms with Crippen LogP contribution < -0.4 is 15.6 Å². The minimum absolute atomic E-state index is 0.413. The molecule has 4 rings (SSSR count). The third kappa shape index (κ3) is 6.68. The first kappa shape index (κ1) is 25.8. The van der Waals surface area contributed by atoms with Gasteiger partial charge in [-0.15, -0.1) is 0 Å². The largest absolute Gasteiger partial charge is 0.378 e. The topological polar surface area (TPSA) is 69.2 Å². The standard InChI is InChI=1S/C28H34ClN5O2/c1-3-33(4-2)26-12-8-21(9-13-26)18-22-10-11-23(27(22)34-14-16-36-17-15-34)20-30-32-28(35)31-25-7-5-6-24(29)19-25/h5-9,12-13,18-20H,3-4,10-11,14-17H2,1-2H3,(H2,31,32,35). The molecular formula is C28H34ClN5O2. The Bertz CT molecular complexity index is 1130. The van der Waals surface area contributed by atoms with Crippen molar-refractivity contribution in [2.24, 2.45) is 5.10 Å². The summed E-state index contributed by atoms with van der Waals surface area (Å²) in [5.41, 5.74) is 9.21. The summed E-state index contributed by atoms with van der Waals surface area (Å²) in [6.07, 6.45) is 5.85. The van der Waals surface area contributed by atoms with E-state index in [1.165, 1.54) is 22.5 Å². The van der Waals surface area contributed by atoms with Gasteiger partial charge < -0.3 is 19.9 Å². The Morgan fingerprint density at radius 2 is 1.86 bits per heavy atom. The highest BCUT2D eigenvalue weighted by atomic mass is 35.5. The van der Waals surface area contributed by atoms with E-state index in [-0.39, 0.29) is 0 Å². The van der Waals surface area contributed by atoms with E-state index in [9.17, 15) is 4.79 Å². The average Bonchev–Trinajstić information content (AvgIpc) is 3.28. The van der Waals surface area contributed by atoms with Crippen LogP contribution in [0.15, 0.2) is 70.5 Å². The molecule has 8 heteroatoms. The van der Waals surface area contributed by atoms with Crippen LogP contribution in [0.25, 0.3) is 6.08 Å². The number of nitrogens with zero attached hydrogens (tertiary/aromatic N) is 3. The van der Waals surface area contributed by atoms with Crippen LogP contribution in [0.1, 0.15) is 32.3 Å². The second kappa shape index (κ2) is 12.6. The zero-order chi connectivity index (χ0) is 25.3. The number of halogens is 1. The zero-order valence-corrected chi connectivity index (χ0v) is 21.7. The van der Waals surface area contributed by atoms with Gasteiger partial charge in [0.1, 0.15) is 0 Å². The van der Waals surface area contributed by atoms with Crippen LogP contribution >= 0.6 is 11.6 Å². The Morgan fingerprint density at radius 1 is 1.11 bits per heavy atom. The van der Waals surface area contributed by atoms with E-state index in [0.717, 1.165) is 44.6 Å². The quantitative estimate of drug-likeness (QED) is 0.352. The normalized spacial score (nSPS) is 17.2. The maximum absolute atomic E-state index is 12.3. The van der Waals surface area contributed by atoms with E-state index in [0.29, 0.717) is 23.9 Å². The van der Waals surface area contributed by atoms with Crippen LogP contribution in [0.4, 0.5) is 16.2 Å². The SMILES string of the molecule is CCN(CC)c1ccc(C=C2CCC(C=NNC(=O)Nc3cccc(Cl)c3)=C2N2CCOCC2)cc1. The maximum atomic E-state index is 12.3. The van der Waals surface area contributed by atoms with Gasteiger partial charge in [0.25, 0.3) is 0 Å². The summed E-state index contributed by atoms with van der Waals surface area (Å²) in [6.45, 7) is 9.44. The van der Waals surface area contributed by atoms with Gasteiger partial charge in [-0.1, -0.05) is 29.8 Å². The second-order valence-electron chi connectivity index (χ2n) is 8.74. The van der Waals surface area contributed by atoms with E-state index < -0.39 is 6.03 Å². The molecule has 1 saturated heterocycles. The molecule has 0 aromatic heterocycles. The molecule has 0 atom stereocenters. The number of morpholine rings is 1. The lowest BCUT2D eigenvalue weighted by Gasteiger charge is -2.31. The number of carbonyl (C=O) groups excluding carboxylic acids is 1. The number of rotatable bonds is 8. The summed E-state index contributed by atoms with van der Waals surface area (Å²) >= 11 is 5.99. The Hall–Kier alpha value is -3.29. The molecule has 0 saturated carbocycles. The van der Waals surface area contributed by atoms with Crippen molar-refractivity contribution in [2.45, 2.75) is 26.7 Å². The van der Waals surface area contributed by atoms with Crippen molar-refractivity contribution in [3.8, 4) is 0 Å². The van der Waals surface area contributed by atoms with Gasteiger partial charge in [0.15, 0.2) is 0 Å². The molecule has 1 heterocycles. The molecule has 2 N–H and O–H groups in total. The second-order valence-corrected chi connectivity index (χ2v) is 9.18. The summed E-state index contributed by atoms with van der Waals surface area (Å²) in [5.74, 6) is 0. The number of hydrazone groups is 1. The van der Waals surface area contributed by atoms with Crippen molar-refractivity contribution in [1.82, 2.24) is 10.3 Å². The van der Waals surface area contributed by atoms with Crippen LogP contribution in [0.3, 0.4) is 0 Å². The fourth-order valence-electron chi connectivity index (χ4n) is 4.64. The highest BCUT2D eigenvalue weighted by Crippen LogP contribution is 2.35. The van der Waals surface area contributed by atoms with Gasteiger partial charge in [0.2, 0.25) is 0 Å². The highest BCUT2D eigenvalue weighted by Gasteiger charge is 2.25. The molecule has 0 radical (unpaired) electrons. The molecule has 2 amide bonds. The molecule has 36 heavy (non-hydrogen) atoms. The lowest BCUT2D eigenvalue weighted by Crippen LogP contribution is -2.36. The Morgan fingerprint density at radius 3 is 2.56 bits per heavy atom. The van der Waals surface area contributed by atoms with Gasteiger partial charge >= 0.3 is 6.03 Å². The number of nitrogens with one attached hydrogen (secondary N) is 2. The molecule has 0 unspecified atom stereocenters. The van der Waals surface area contributed by atoms with Gasteiger partial charge in [-0.2, -0.15) is 5.10 Å². The van der Waals surface area contributed by atoms with Gasteiger partial charge in [-0.05, 0) is 79.8 Å². The van der Waals surface area contributed by atoms with Crippen molar-refractivity contribution >= 4 is 41.3 Å². The number of hydrogen-bond donors (Lipinski definition) is 2. The van der Waals surface area contributed by atoms with E-state index in [1.54, 1.807) is 30.5 Å². The predicted octanol–water partition coefficient (Wildman–Crippen LogP) is 5.76. The number of allylic oxidation sites excluding steroid dienone is 2. The smallest absolute Gasteiger partial charge is 0.339 e. The van der Waals surface area contributed by atoms with Crippen molar-refractivity contribution < 1.29 is 9.53 Å². The number of anilines is 2. The van der Waals surface area contributed by atoms with Crippen molar-refractivity contribution in [1.29, 1.82) is 0 Å². The Balaban J connectivity index is 1.50. The molecule has 1 aliphatic carbocycles. The lowest BCUT2D eigenvalue weighted by molar-refractivity contribution is 0.0548. The van der Waals surface area contributed by atoms with Crippen LogP contribution in [-0.2, 0) is 4.74 Å². The van der Waals surface area contributed by atoms with Crippen LogP contribution in [0, 0.1) is 0 Å². The minimum atomic E-state index is -0.413. The van der Waals surface area contributed by atoms with Crippen molar-refractivity contribution in [3.63, 3.8) is 0 Å². The van der Waals surface area contributed by atoms with Crippen molar-refractivity contribution in [3.05, 3.63) is 76.0 Å². The molecule has 0 spiro atoms. The van der Waals surface area contributed by atoms with E-state index in [4.69, 9.17) is 16.3 Å². The Kier molecular flexibility index (Phi) is 9.03. The van der Waals surface area contributed by atoms with E-state index >= 15 is 0 Å². The molecule has 2 aromatic carbocycles. The third-order valence-electron chi connectivity index (χ3n) is 6.43. The average molecular weight is 508 g/mol. The number of amides is 2. The Labute approximate surface area is 218 Å². The zero-order valence-electron chi connectivity index (χ0n) is 21.0. The number of benzene rings is 2. The molecule has 2 aliphatic rings. The number of hydrogen-bond acceptors (Lipinski definition) is 5. The highest BCUT2D eigenvalue weighted by molar-refractivity contribution is 6.30. The molecular weight excluding hydrogens is 474 g/mol. The molecule has 2 aromatic rings. The first-order valence-corrected chi connectivity index (χ1v) is 12.9. The maximum Gasteiger partial charge on any atom is 0.339 e. The third-order valence-corrected chi connectivity index (χ3v) is 6.67. The fourth-order valence-corrected chi connectivity index (χ4v) is 4.83. The van der Waals surface area contributed by atoms with Crippen LogP contribution in [0.2, 0.25) is 5.02 Å². The van der Waals surface area contributed by atoms with Gasteiger partial charge in [-0.3, -0.25) is 0 Å². The number of urea groups is 1. The lowest BCUT2D eigenvalue weighted by atomic mass is 10.1. The predicted molar refractivity (Wildman–Crippen MR) is 149 cm³/mol. The molecule has 7 nitrogen and oxygen atoms in total. The van der Waals surface area contributed by atoms with Gasteiger partial charge in [-0.25, -0.2) is 10.2 Å². The van der Waals surface area contributed by atoms with E-state index in [1.807, 2.05) is 0 Å². The van der Waals surface area contributed by atoms with Crippen molar-refractivity contribution in [2.75, 3.05) is 49.6 Å². The molecule has 1 aliphatic heterocycles. The summed E-state index contributed by atoms with van der Waals surface area (Å²) in [5, 5.41) is 7.54. The monoisotopic (exact) mass is 507 g/mol. The van der Waals surface area contributed by atoms with Crippen LogP contribution in [-0.4, -0.2) is 56.5 Å². The number of carbonyl (C=O) groups is 1. The number of ether oxygens (including phenoxy) is 1.